The summed E-state index contributed by atoms with van der Waals surface area (Å²) in [4.78, 5) is 23.8. The first kappa shape index (κ1) is 21.2. The summed E-state index contributed by atoms with van der Waals surface area (Å²) in [5, 5.41) is 5.41. The third kappa shape index (κ3) is 4.98. The Kier molecular flexibility index (Phi) is 6.48. The molecule has 1 aliphatic heterocycles. The van der Waals surface area contributed by atoms with Crippen LogP contribution in [-0.4, -0.2) is 50.8 Å². The number of ether oxygens (including phenoxy) is 1. The molecule has 1 aromatic rings. The van der Waals surface area contributed by atoms with Crippen molar-refractivity contribution in [3.8, 4) is 5.75 Å². The third-order valence-electron chi connectivity index (χ3n) is 4.31. The average Bonchev–Trinajstić information content (AvgIpc) is 2.55. The van der Waals surface area contributed by atoms with Gasteiger partial charge in [0.15, 0.2) is 6.10 Å². The number of hydrogen-bond donors (Lipinski definition) is 2. The van der Waals surface area contributed by atoms with Crippen molar-refractivity contribution in [2.24, 2.45) is 5.92 Å². The summed E-state index contributed by atoms with van der Waals surface area (Å²) in [6.45, 7) is 7.55. The van der Waals surface area contributed by atoms with E-state index in [2.05, 4.69) is 10.6 Å². The number of hydrogen-bond acceptors (Lipinski definition) is 5. The molecule has 0 aromatic heterocycles. The van der Waals surface area contributed by atoms with Gasteiger partial charge in [0.1, 0.15) is 5.75 Å². The van der Waals surface area contributed by atoms with Crippen LogP contribution < -0.4 is 15.4 Å². The van der Waals surface area contributed by atoms with Gasteiger partial charge in [0.05, 0.1) is 17.1 Å². The molecule has 0 aliphatic carbocycles. The Balaban J connectivity index is 2.17. The molecule has 1 aliphatic rings. The number of rotatable bonds is 7. The largest absolute Gasteiger partial charge is 0.479 e. The van der Waals surface area contributed by atoms with Gasteiger partial charge in [-0.15, -0.1) is 0 Å². The zero-order valence-electron chi connectivity index (χ0n) is 16.3. The maximum absolute atomic E-state index is 12.9. The van der Waals surface area contributed by atoms with E-state index in [9.17, 15) is 18.0 Å². The molecule has 2 rings (SSSR count). The lowest BCUT2D eigenvalue weighted by Gasteiger charge is -2.25. The van der Waals surface area contributed by atoms with E-state index in [4.69, 9.17) is 4.74 Å². The van der Waals surface area contributed by atoms with Gasteiger partial charge in [0, 0.05) is 19.7 Å². The summed E-state index contributed by atoms with van der Waals surface area (Å²) in [6.07, 6.45) is 0.119. The Morgan fingerprint density at radius 3 is 2.67 bits per heavy atom. The molecule has 150 valence electrons. The van der Waals surface area contributed by atoms with Gasteiger partial charge >= 0.3 is 0 Å². The quantitative estimate of drug-likeness (QED) is 0.725. The van der Waals surface area contributed by atoms with Crippen LogP contribution in [0.3, 0.4) is 0 Å². The molecule has 0 radical (unpaired) electrons. The maximum Gasteiger partial charge on any atom is 0.265 e. The van der Waals surface area contributed by atoms with E-state index in [1.165, 1.54) is 13.1 Å². The highest BCUT2D eigenvalue weighted by atomic mass is 32.2. The van der Waals surface area contributed by atoms with Crippen LogP contribution in [-0.2, 0) is 19.6 Å². The van der Waals surface area contributed by atoms with E-state index in [0.29, 0.717) is 29.5 Å². The van der Waals surface area contributed by atoms with Crippen molar-refractivity contribution in [3.05, 3.63) is 17.7 Å². The molecule has 0 saturated heterocycles. The molecular formula is C18H27N3O5S. The van der Waals surface area contributed by atoms with E-state index in [-0.39, 0.29) is 23.3 Å². The standard InChI is InChI=1S/C18H27N3O5S/c1-11(2)6-7-19-17(22)10-21(5)27(24,25)16-9-15-14(8-12(16)3)20-18(23)13(4)26-15/h8-9,11,13H,6-7,10H2,1-5H3,(H,19,22)(H,20,23)/t13-/m1/s1. The summed E-state index contributed by atoms with van der Waals surface area (Å²) in [5.74, 6) is 0.107. The van der Waals surface area contributed by atoms with Crippen LogP contribution in [0.15, 0.2) is 17.0 Å². The minimum atomic E-state index is -3.89. The Labute approximate surface area is 160 Å². The van der Waals surface area contributed by atoms with Crippen LogP contribution >= 0.6 is 0 Å². The number of sulfonamides is 1. The number of benzene rings is 1. The highest BCUT2D eigenvalue weighted by Gasteiger charge is 2.29. The fourth-order valence-corrected chi connectivity index (χ4v) is 3.98. The topological polar surface area (TPSA) is 105 Å². The number of nitrogens with one attached hydrogen (secondary N) is 2. The zero-order valence-corrected chi connectivity index (χ0v) is 17.1. The summed E-state index contributed by atoms with van der Waals surface area (Å²) >= 11 is 0. The summed E-state index contributed by atoms with van der Waals surface area (Å²) < 4.78 is 32.3. The van der Waals surface area contributed by atoms with Crippen molar-refractivity contribution in [1.29, 1.82) is 0 Å². The van der Waals surface area contributed by atoms with Crippen LogP contribution in [0.2, 0.25) is 0 Å². The first-order chi connectivity index (χ1) is 12.5. The lowest BCUT2D eigenvalue weighted by atomic mass is 10.1. The summed E-state index contributed by atoms with van der Waals surface area (Å²) in [5.41, 5.74) is 0.892. The van der Waals surface area contributed by atoms with Crippen molar-refractivity contribution in [2.45, 2.75) is 45.1 Å². The molecule has 2 N–H and O–H groups in total. The third-order valence-corrected chi connectivity index (χ3v) is 6.25. The number of amides is 2. The van der Waals surface area contributed by atoms with Gasteiger partial charge in [-0.2, -0.15) is 4.31 Å². The molecule has 1 heterocycles. The molecular weight excluding hydrogens is 370 g/mol. The Bertz CT molecular complexity index is 836. The fourth-order valence-electron chi connectivity index (χ4n) is 2.63. The lowest BCUT2D eigenvalue weighted by molar-refractivity contribution is -0.123. The molecule has 27 heavy (non-hydrogen) atoms. The van der Waals surface area contributed by atoms with Crippen molar-refractivity contribution in [3.63, 3.8) is 0 Å². The van der Waals surface area contributed by atoms with Crippen LogP contribution in [0.1, 0.15) is 32.8 Å². The van der Waals surface area contributed by atoms with E-state index in [1.54, 1.807) is 19.9 Å². The van der Waals surface area contributed by atoms with Gasteiger partial charge in [-0.05, 0) is 37.8 Å². The van der Waals surface area contributed by atoms with E-state index in [0.717, 1.165) is 10.7 Å². The van der Waals surface area contributed by atoms with Crippen LogP contribution in [0.5, 0.6) is 5.75 Å². The van der Waals surface area contributed by atoms with Gasteiger partial charge in [0.25, 0.3) is 5.91 Å². The summed E-state index contributed by atoms with van der Waals surface area (Å²) in [7, 11) is -2.53. The smallest absolute Gasteiger partial charge is 0.265 e. The predicted octanol–water partition coefficient (Wildman–Crippen LogP) is 1.50. The van der Waals surface area contributed by atoms with Gasteiger partial charge in [-0.25, -0.2) is 8.42 Å². The Morgan fingerprint density at radius 2 is 2.04 bits per heavy atom. The van der Waals surface area contributed by atoms with Crippen LogP contribution in [0, 0.1) is 12.8 Å². The number of fused-ring (bicyclic) bond motifs is 1. The molecule has 0 spiro atoms. The number of nitrogens with zero attached hydrogens (tertiary/aromatic N) is 1. The second-order valence-corrected chi connectivity index (χ2v) is 9.17. The molecule has 0 unspecified atom stereocenters. The molecule has 1 atom stereocenters. The molecule has 8 nitrogen and oxygen atoms in total. The normalized spacial score (nSPS) is 16.7. The number of aryl methyl sites for hydroxylation is 1. The second-order valence-electron chi connectivity index (χ2n) is 7.16. The van der Waals surface area contributed by atoms with Gasteiger partial charge in [-0.1, -0.05) is 13.8 Å². The van der Waals surface area contributed by atoms with Crippen molar-refractivity contribution >= 4 is 27.5 Å². The number of likely N-dealkylation sites (N-methyl/N-ethyl adjacent to an activating group) is 1. The van der Waals surface area contributed by atoms with Gasteiger partial charge < -0.3 is 15.4 Å². The zero-order chi connectivity index (χ0) is 20.4. The minimum Gasteiger partial charge on any atom is -0.479 e. The molecule has 0 saturated carbocycles. The summed E-state index contributed by atoms with van der Waals surface area (Å²) in [6, 6.07) is 2.95. The van der Waals surface area contributed by atoms with Crippen LogP contribution in [0.25, 0.3) is 0 Å². The second kappa shape index (κ2) is 8.26. The lowest BCUT2D eigenvalue weighted by Crippen LogP contribution is -2.39. The molecule has 1 aromatic carbocycles. The highest BCUT2D eigenvalue weighted by Crippen LogP contribution is 2.35. The average molecular weight is 397 g/mol. The van der Waals surface area contributed by atoms with Crippen molar-refractivity contribution in [1.82, 2.24) is 9.62 Å². The molecule has 0 fully saturated rings. The first-order valence-corrected chi connectivity index (χ1v) is 10.3. The van der Waals surface area contributed by atoms with Gasteiger partial charge in [-0.3, -0.25) is 9.59 Å². The van der Waals surface area contributed by atoms with Crippen molar-refractivity contribution in [2.75, 3.05) is 25.5 Å². The number of carbonyl (C=O) groups excluding carboxylic acids is 2. The Hall–Kier alpha value is -2.13. The van der Waals surface area contributed by atoms with E-state index in [1.807, 2.05) is 13.8 Å². The molecule has 0 bridgehead atoms. The fraction of sp³-hybridized carbons (Fsp3) is 0.556. The Morgan fingerprint density at radius 1 is 1.37 bits per heavy atom. The van der Waals surface area contributed by atoms with Crippen LogP contribution in [0.4, 0.5) is 5.69 Å². The minimum absolute atomic E-state index is 0.0436. The monoisotopic (exact) mass is 397 g/mol. The predicted molar refractivity (Wildman–Crippen MR) is 102 cm³/mol. The first-order valence-electron chi connectivity index (χ1n) is 8.87. The van der Waals surface area contributed by atoms with Gasteiger partial charge in [0.2, 0.25) is 15.9 Å². The highest BCUT2D eigenvalue weighted by molar-refractivity contribution is 7.89. The SMILES string of the molecule is Cc1cc2c(cc1S(=O)(=O)N(C)CC(=O)NCCC(C)C)O[C@H](C)C(=O)N2. The van der Waals surface area contributed by atoms with Crippen molar-refractivity contribution < 1.29 is 22.7 Å². The molecule has 9 heteroatoms. The number of anilines is 1. The van der Waals surface area contributed by atoms with E-state index < -0.39 is 16.1 Å². The maximum atomic E-state index is 12.9. The van der Waals surface area contributed by atoms with E-state index >= 15 is 0 Å². The number of carbonyl (C=O) groups is 2. The molecule has 2 amide bonds.